The molecule has 3 N–H and O–H groups in total. The van der Waals surface area contributed by atoms with Gasteiger partial charge in [-0.3, -0.25) is 14.4 Å². The van der Waals surface area contributed by atoms with Crippen LogP contribution >= 0.6 is 11.6 Å². The van der Waals surface area contributed by atoms with Crippen LogP contribution in [0.4, 0.5) is 0 Å². The van der Waals surface area contributed by atoms with Crippen molar-refractivity contribution in [3.8, 4) is 0 Å². The van der Waals surface area contributed by atoms with Crippen LogP contribution in [-0.2, 0) is 24.7 Å². The first kappa shape index (κ1) is 40.0. The fourth-order valence-corrected chi connectivity index (χ4v) is 14.0. The summed E-state index contributed by atoms with van der Waals surface area (Å²) in [7, 11) is 0. The zero-order chi connectivity index (χ0) is 39.4. The van der Waals surface area contributed by atoms with Crippen LogP contribution < -0.4 is 5.32 Å². The number of Topliss-reactive ketones (excluding diaryl/α,β-unsaturated/α-hetero) is 1. The topological polar surface area (TPSA) is 113 Å². The molecule has 298 valence electrons. The Bertz CT molecular complexity index is 1730. The molecule has 1 aromatic carbocycles. The van der Waals surface area contributed by atoms with Crippen molar-refractivity contribution < 1.29 is 29.3 Å². The third kappa shape index (κ3) is 5.89. The maximum absolute atomic E-state index is 14.2. The van der Waals surface area contributed by atoms with Gasteiger partial charge in [0.2, 0.25) is 0 Å². The smallest absolute Gasteiger partial charge is 0.309 e. The molecule has 0 saturated heterocycles. The van der Waals surface area contributed by atoms with Crippen molar-refractivity contribution in [1.29, 1.82) is 0 Å². The van der Waals surface area contributed by atoms with Crippen LogP contribution in [0.25, 0.3) is 0 Å². The number of aliphatic hydroxyl groups is 1. The summed E-state index contributed by atoms with van der Waals surface area (Å²) in [5.41, 5.74) is 1.52. The van der Waals surface area contributed by atoms with Gasteiger partial charge in [0.15, 0.2) is 5.78 Å². The predicted molar refractivity (Wildman–Crippen MR) is 212 cm³/mol. The number of hydrogen-bond donors (Lipinski definition) is 3. The average molecular weight is 764 g/mol. The summed E-state index contributed by atoms with van der Waals surface area (Å²) < 4.78 is 6.18. The number of benzene rings is 1. The lowest BCUT2D eigenvalue weighted by molar-refractivity contribution is -0.235. The lowest BCUT2D eigenvalue weighted by atomic mass is 9.33. The van der Waals surface area contributed by atoms with Gasteiger partial charge in [-0.1, -0.05) is 77.8 Å². The van der Waals surface area contributed by atoms with Crippen molar-refractivity contribution in [1.82, 2.24) is 5.32 Å². The van der Waals surface area contributed by atoms with Gasteiger partial charge in [0.1, 0.15) is 6.10 Å². The summed E-state index contributed by atoms with van der Waals surface area (Å²) in [6.45, 7) is 20.1. The monoisotopic (exact) mass is 763 g/mol. The molecule has 54 heavy (non-hydrogen) atoms. The number of rotatable bonds is 10. The van der Waals surface area contributed by atoms with Gasteiger partial charge in [0.25, 0.3) is 0 Å². The first-order chi connectivity index (χ1) is 25.1. The number of allylic oxidation sites excluding steroid dienone is 1. The van der Waals surface area contributed by atoms with E-state index in [9.17, 15) is 24.6 Å². The molecule has 6 aliphatic carbocycles. The fourth-order valence-electron chi connectivity index (χ4n) is 13.9. The summed E-state index contributed by atoms with van der Waals surface area (Å²) in [4.78, 5) is 39.0. The second-order valence-corrected chi connectivity index (χ2v) is 21.5. The molecular weight excluding hydrogens is 698 g/mol. The number of halogens is 1. The number of fused-ring (bicyclic) bond motifs is 7. The van der Waals surface area contributed by atoms with E-state index < -0.39 is 28.9 Å². The van der Waals surface area contributed by atoms with E-state index in [4.69, 9.17) is 16.3 Å². The standard InChI is InChI=1S/C46H66ClNO6/c1-27(2)37-31(49)24-45(34(50)26-48-46(22-23-46)28-10-12-29(47)13-11-28)21-20-43(8)30(38(37)45)14-15-33-42(7)18-17-35(54-36(51)25-40(3,4)39(52)53)41(5,6)32(42)16-19-44(33,43)9/h10-13,27,30,32-35,48,50H,14-26H2,1-9H3,(H,52,53). The van der Waals surface area contributed by atoms with E-state index in [0.29, 0.717) is 24.8 Å². The molecule has 1 aromatic rings. The summed E-state index contributed by atoms with van der Waals surface area (Å²) in [6.07, 6.45) is 9.26. The zero-order valence-corrected chi connectivity index (χ0v) is 35.1. The van der Waals surface area contributed by atoms with Crippen LogP contribution in [0.1, 0.15) is 145 Å². The molecule has 6 aliphatic rings. The van der Waals surface area contributed by atoms with Gasteiger partial charge in [-0.15, -0.1) is 0 Å². The molecule has 5 saturated carbocycles. The molecule has 8 heteroatoms. The van der Waals surface area contributed by atoms with Crippen molar-refractivity contribution in [2.24, 2.45) is 56.2 Å². The third-order valence-electron chi connectivity index (χ3n) is 17.3. The molecule has 5 fully saturated rings. The number of esters is 1. The minimum atomic E-state index is -1.17. The van der Waals surface area contributed by atoms with Crippen molar-refractivity contribution in [2.45, 2.75) is 157 Å². The van der Waals surface area contributed by atoms with Gasteiger partial charge in [-0.2, -0.15) is 0 Å². The summed E-state index contributed by atoms with van der Waals surface area (Å²) in [5, 5.41) is 26.5. The zero-order valence-electron chi connectivity index (χ0n) is 34.4. The molecule has 0 amide bonds. The van der Waals surface area contributed by atoms with Crippen molar-refractivity contribution >= 4 is 29.3 Å². The molecule has 7 nitrogen and oxygen atoms in total. The highest BCUT2D eigenvalue weighted by molar-refractivity contribution is 6.30. The molecule has 9 atom stereocenters. The van der Waals surface area contributed by atoms with Gasteiger partial charge in [-0.05, 0) is 141 Å². The maximum Gasteiger partial charge on any atom is 0.309 e. The van der Waals surface area contributed by atoms with E-state index in [1.54, 1.807) is 13.8 Å². The fraction of sp³-hybridized carbons (Fsp3) is 0.761. The lowest BCUT2D eigenvalue weighted by Gasteiger charge is -2.72. The van der Waals surface area contributed by atoms with Crippen LogP contribution in [0.3, 0.4) is 0 Å². The average Bonchev–Trinajstić information content (AvgIpc) is 3.80. The Morgan fingerprint density at radius 3 is 2.19 bits per heavy atom. The molecule has 9 unspecified atom stereocenters. The first-order valence-corrected chi connectivity index (χ1v) is 21.4. The van der Waals surface area contributed by atoms with E-state index in [-0.39, 0.29) is 57.3 Å². The molecule has 0 radical (unpaired) electrons. The van der Waals surface area contributed by atoms with Crippen LogP contribution in [-0.4, -0.2) is 46.7 Å². The maximum atomic E-state index is 14.2. The van der Waals surface area contributed by atoms with Crippen LogP contribution in [0.15, 0.2) is 35.4 Å². The summed E-state index contributed by atoms with van der Waals surface area (Å²) in [5.74, 6) is 0.0483. The number of carbonyl (C=O) groups is 3. The number of nitrogens with one attached hydrogen (secondary N) is 1. The van der Waals surface area contributed by atoms with Crippen LogP contribution in [0.5, 0.6) is 0 Å². The lowest BCUT2D eigenvalue weighted by Crippen LogP contribution is -2.66. The largest absolute Gasteiger partial charge is 0.481 e. The Labute approximate surface area is 328 Å². The molecule has 0 aliphatic heterocycles. The number of carbonyl (C=O) groups excluding carboxylic acids is 2. The van der Waals surface area contributed by atoms with Crippen molar-refractivity contribution in [3.05, 3.63) is 46.0 Å². The molecular formula is C46H66ClNO6. The number of hydrogen-bond acceptors (Lipinski definition) is 6. The highest BCUT2D eigenvalue weighted by Gasteiger charge is 2.71. The minimum Gasteiger partial charge on any atom is -0.481 e. The van der Waals surface area contributed by atoms with E-state index in [0.717, 1.165) is 74.8 Å². The molecule has 0 bridgehead atoms. The van der Waals surface area contributed by atoms with E-state index in [1.807, 2.05) is 12.1 Å². The number of carboxylic acid groups (broad SMARTS) is 1. The molecule has 0 heterocycles. The number of aliphatic carboxylic acids is 1. The van der Waals surface area contributed by atoms with Gasteiger partial charge in [0.05, 0.1) is 17.9 Å². The Hall–Kier alpha value is -2.22. The highest BCUT2D eigenvalue weighted by atomic mass is 35.5. The van der Waals surface area contributed by atoms with Crippen LogP contribution in [0, 0.1) is 56.2 Å². The SMILES string of the molecule is CC(C)C1=C2C3CCC4C5(C)CCC(OC(=O)CC(C)(C)C(=O)O)C(C)(C)C5CCC4(C)C3(C)CCC2(C(O)CNC2(c3ccc(Cl)cc3)CC2)CC1=O. The Balaban J connectivity index is 1.15. The minimum absolute atomic E-state index is 0.0163. The molecule has 7 rings (SSSR count). The molecule has 0 aromatic heterocycles. The number of carboxylic acids is 1. The molecule has 0 spiro atoms. The van der Waals surface area contributed by atoms with E-state index in [1.165, 1.54) is 11.1 Å². The number of ether oxygens (including phenoxy) is 1. The normalized spacial score (nSPS) is 38.6. The van der Waals surface area contributed by atoms with E-state index >= 15 is 0 Å². The van der Waals surface area contributed by atoms with Crippen molar-refractivity contribution in [3.63, 3.8) is 0 Å². The Kier molecular flexibility index (Phi) is 9.75. The summed E-state index contributed by atoms with van der Waals surface area (Å²) in [6, 6.07) is 8.08. The highest BCUT2D eigenvalue weighted by Crippen LogP contribution is 2.77. The van der Waals surface area contributed by atoms with Gasteiger partial charge in [-0.25, -0.2) is 0 Å². The Morgan fingerprint density at radius 1 is 0.907 bits per heavy atom. The van der Waals surface area contributed by atoms with Gasteiger partial charge >= 0.3 is 11.9 Å². The van der Waals surface area contributed by atoms with E-state index in [2.05, 4.69) is 65.9 Å². The number of ketones is 1. The quantitative estimate of drug-likeness (QED) is 0.204. The van der Waals surface area contributed by atoms with Gasteiger partial charge in [0, 0.05) is 34.4 Å². The first-order valence-electron chi connectivity index (χ1n) is 21.0. The third-order valence-corrected chi connectivity index (χ3v) is 17.5. The number of aliphatic hydroxyl groups excluding tert-OH is 1. The summed E-state index contributed by atoms with van der Waals surface area (Å²) >= 11 is 6.22. The van der Waals surface area contributed by atoms with Gasteiger partial charge < -0.3 is 20.3 Å². The predicted octanol–water partition coefficient (Wildman–Crippen LogP) is 9.67. The Morgan fingerprint density at radius 2 is 1.57 bits per heavy atom. The van der Waals surface area contributed by atoms with Crippen molar-refractivity contribution in [2.75, 3.05) is 6.54 Å². The second kappa shape index (κ2) is 13.2. The second-order valence-electron chi connectivity index (χ2n) is 21.0. The van der Waals surface area contributed by atoms with Crippen LogP contribution in [0.2, 0.25) is 5.02 Å².